The number of nitrogens with one attached hydrogen (secondary N) is 1. The first kappa shape index (κ1) is 8.92. The normalized spacial score (nSPS) is 26.5. The minimum absolute atomic E-state index is 0.0118. The van der Waals surface area contributed by atoms with Crippen molar-refractivity contribution in [3.8, 4) is 0 Å². The number of ether oxygens (including phenoxy) is 1. The lowest BCUT2D eigenvalue weighted by atomic mass is 9.90. The van der Waals surface area contributed by atoms with Crippen LogP contribution in [0.3, 0.4) is 0 Å². The van der Waals surface area contributed by atoms with Crippen molar-refractivity contribution in [3.63, 3.8) is 0 Å². The number of epoxide rings is 1. The smallest absolute Gasteiger partial charge is 0.221 e. The van der Waals surface area contributed by atoms with Gasteiger partial charge in [-0.15, -0.1) is 0 Å². The van der Waals surface area contributed by atoms with Gasteiger partial charge in [-0.2, -0.15) is 0 Å². The van der Waals surface area contributed by atoms with Crippen LogP contribution in [0.2, 0.25) is 0 Å². The van der Waals surface area contributed by atoms with Gasteiger partial charge in [0.2, 0.25) is 5.91 Å². The number of benzene rings is 1. The van der Waals surface area contributed by atoms with Crippen molar-refractivity contribution >= 4 is 11.6 Å². The van der Waals surface area contributed by atoms with Crippen molar-refractivity contribution in [1.82, 2.24) is 0 Å². The fraction of sp³-hybridized carbons (Fsp3) is 0.417. The van der Waals surface area contributed by atoms with Gasteiger partial charge in [0, 0.05) is 25.5 Å². The van der Waals surface area contributed by atoms with E-state index < -0.39 is 0 Å². The Morgan fingerprint density at radius 1 is 1.40 bits per heavy atom. The number of carbonyl (C=O) groups excluding carboxylic acids is 1. The molecular formula is C12H13NO2. The molecule has 1 aliphatic heterocycles. The van der Waals surface area contributed by atoms with E-state index in [-0.39, 0.29) is 5.91 Å². The van der Waals surface area contributed by atoms with E-state index in [0.29, 0.717) is 12.2 Å². The van der Waals surface area contributed by atoms with Crippen LogP contribution in [0.25, 0.3) is 0 Å². The summed E-state index contributed by atoms with van der Waals surface area (Å²) in [5.41, 5.74) is 3.53. The zero-order valence-electron chi connectivity index (χ0n) is 8.62. The first-order valence-electron chi connectivity index (χ1n) is 5.28. The maximum absolute atomic E-state index is 11.0. The molecule has 0 spiro atoms. The highest BCUT2D eigenvalue weighted by Crippen LogP contribution is 2.38. The Morgan fingerprint density at radius 2 is 2.20 bits per heavy atom. The molecule has 1 heterocycles. The Bertz CT molecular complexity index is 428. The summed E-state index contributed by atoms with van der Waals surface area (Å²) in [7, 11) is 0. The lowest BCUT2D eigenvalue weighted by Gasteiger charge is -2.16. The van der Waals surface area contributed by atoms with E-state index in [0.717, 1.165) is 18.5 Å². The van der Waals surface area contributed by atoms with Gasteiger partial charge in [-0.1, -0.05) is 12.1 Å². The predicted octanol–water partition coefficient (Wildman–Crippen LogP) is 1.51. The molecule has 3 rings (SSSR count). The molecule has 1 aliphatic carbocycles. The van der Waals surface area contributed by atoms with Gasteiger partial charge in [0.1, 0.15) is 0 Å². The van der Waals surface area contributed by atoms with E-state index in [1.54, 1.807) is 6.92 Å². The minimum Gasteiger partial charge on any atom is -0.369 e. The van der Waals surface area contributed by atoms with E-state index in [2.05, 4.69) is 11.4 Å². The molecule has 0 radical (unpaired) electrons. The minimum atomic E-state index is -0.0118. The number of hydrogen-bond acceptors (Lipinski definition) is 2. The Labute approximate surface area is 88.4 Å². The highest BCUT2D eigenvalue weighted by atomic mass is 16.6. The molecule has 0 aromatic heterocycles. The SMILES string of the molecule is CC(=O)Nc1cccc2c1C[C@@H]1O[C@@H]1C2. The van der Waals surface area contributed by atoms with Crippen LogP contribution in [0.1, 0.15) is 18.1 Å². The summed E-state index contributed by atoms with van der Waals surface area (Å²) in [6.45, 7) is 1.54. The summed E-state index contributed by atoms with van der Waals surface area (Å²) < 4.78 is 5.51. The molecule has 1 saturated heterocycles. The summed E-state index contributed by atoms with van der Waals surface area (Å²) in [5.74, 6) is -0.0118. The van der Waals surface area contributed by atoms with Crippen LogP contribution >= 0.6 is 0 Å². The maximum atomic E-state index is 11.0. The summed E-state index contributed by atoms with van der Waals surface area (Å²) >= 11 is 0. The average Bonchev–Trinajstić information content (AvgIpc) is 2.92. The summed E-state index contributed by atoms with van der Waals surface area (Å²) in [6, 6.07) is 6.08. The van der Waals surface area contributed by atoms with Gasteiger partial charge in [0.25, 0.3) is 0 Å². The molecule has 3 heteroatoms. The van der Waals surface area contributed by atoms with Crippen molar-refractivity contribution in [2.75, 3.05) is 5.32 Å². The molecule has 0 bridgehead atoms. The third kappa shape index (κ3) is 1.53. The van der Waals surface area contributed by atoms with Gasteiger partial charge < -0.3 is 10.1 Å². The Hall–Kier alpha value is -1.35. The van der Waals surface area contributed by atoms with Crippen LogP contribution in [0.15, 0.2) is 18.2 Å². The third-order valence-corrected chi connectivity index (χ3v) is 3.10. The monoisotopic (exact) mass is 203 g/mol. The second kappa shape index (κ2) is 3.07. The fourth-order valence-corrected chi connectivity index (χ4v) is 2.33. The molecule has 1 fully saturated rings. The van der Waals surface area contributed by atoms with E-state index in [1.165, 1.54) is 11.1 Å². The zero-order chi connectivity index (χ0) is 10.4. The van der Waals surface area contributed by atoms with Gasteiger partial charge in [-0.05, 0) is 17.2 Å². The Balaban J connectivity index is 1.98. The molecular weight excluding hydrogens is 190 g/mol. The summed E-state index contributed by atoms with van der Waals surface area (Å²) in [5, 5.41) is 2.88. The van der Waals surface area contributed by atoms with Crippen LogP contribution < -0.4 is 5.32 Å². The number of fused-ring (bicyclic) bond motifs is 2. The standard InChI is InChI=1S/C12H13NO2/c1-7(14)13-10-4-2-3-8-5-11-12(15-11)6-9(8)10/h2-4,11-12H,5-6H2,1H3,(H,13,14)/t11-,12+/m1/s1. The second-order valence-electron chi connectivity index (χ2n) is 4.25. The van der Waals surface area contributed by atoms with Crippen molar-refractivity contribution in [2.45, 2.75) is 32.0 Å². The molecule has 78 valence electrons. The first-order chi connectivity index (χ1) is 7.24. The number of carbonyl (C=O) groups is 1. The molecule has 0 unspecified atom stereocenters. The van der Waals surface area contributed by atoms with Gasteiger partial charge in [-0.3, -0.25) is 4.79 Å². The van der Waals surface area contributed by atoms with E-state index in [9.17, 15) is 4.79 Å². The highest BCUT2D eigenvalue weighted by molar-refractivity contribution is 5.89. The summed E-state index contributed by atoms with van der Waals surface area (Å²) in [4.78, 5) is 11.0. The first-order valence-corrected chi connectivity index (χ1v) is 5.28. The molecule has 3 nitrogen and oxygen atoms in total. The zero-order valence-corrected chi connectivity index (χ0v) is 8.62. The van der Waals surface area contributed by atoms with Crippen LogP contribution in [-0.4, -0.2) is 18.1 Å². The molecule has 1 N–H and O–H groups in total. The largest absolute Gasteiger partial charge is 0.369 e. The predicted molar refractivity (Wildman–Crippen MR) is 56.8 cm³/mol. The highest BCUT2D eigenvalue weighted by Gasteiger charge is 2.43. The fourth-order valence-electron chi connectivity index (χ4n) is 2.33. The number of anilines is 1. The second-order valence-corrected chi connectivity index (χ2v) is 4.25. The molecule has 1 amide bonds. The number of amides is 1. The van der Waals surface area contributed by atoms with Crippen molar-refractivity contribution in [1.29, 1.82) is 0 Å². The summed E-state index contributed by atoms with van der Waals surface area (Å²) in [6.07, 6.45) is 2.77. The van der Waals surface area contributed by atoms with Crippen molar-refractivity contribution in [2.24, 2.45) is 0 Å². The van der Waals surface area contributed by atoms with Crippen LogP contribution in [0.4, 0.5) is 5.69 Å². The van der Waals surface area contributed by atoms with Gasteiger partial charge in [-0.25, -0.2) is 0 Å². The average molecular weight is 203 g/mol. The topological polar surface area (TPSA) is 41.6 Å². The van der Waals surface area contributed by atoms with Gasteiger partial charge in [0.05, 0.1) is 12.2 Å². The molecule has 1 aromatic rings. The van der Waals surface area contributed by atoms with Crippen molar-refractivity contribution in [3.05, 3.63) is 29.3 Å². The van der Waals surface area contributed by atoms with E-state index >= 15 is 0 Å². The maximum Gasteiger partial charge on any atom is 0.221 e. The third-order valence-electron chi connectivity index (χ3n) is 3.10. The van der Waals surface area contributed by atoms with Gasteiger partial charge >= 0.3 is 0 Å². The van der Waals surface area contributed by atoms with Crippen LogP contribution in [-0.2, 0) is 22.4 Å². The van der Waals surface area contributed by atoms with Crippen molar-refractivity contribution < 1.29 is 9.53 Å². The van der Waals surface area contributed by atoms with Crippen LogP contribution in [0, 0.1) is 0 Å². The molecule has 2 aliphatic rings. The lowest BCUT2D eigenvalue weighted by Crippen LogP contribution is -2.16. The molecule has 15 heavy (non-hydrogen) atoms. The number of hydrogen-bond donors (Lipinski definition) is 1. The quantitative estimate of drug-likeness (QED) is 0.703. The molecule has 2 atom stereocenters. The Morgan fingerprint density at radius 3 is 3.00 bits per heavy atom. The molecule has 0 saturated carbocycles. The number of rotatable bonds is 1. The van der Waals surface area contributed by atoms with E-state index in [4.69, 9.17) is 4.74 Å². The van der Waals surface area contributed by atoms with E-state index in [1.807, 2.05) is 12.1 Å². The lowest BCUT2D eigenvalue weighted by molar-refractivity contribution is -0.114. The molecule has 1 aromatic carbocycles. The van der Waals surface area contributed by atoms with Crippen LogP contribution in [0.5, 0.6) is 0 Å². The van der Waals surface area contributed by atoms with Gasteiger partial charge in [0.15, 0.2) is 0 Å². The Kier molecular flexibility index (Phi) is 1.83.